The Morgan fingerprint density at radius 2 is 1.81 bits per heavy atom. The molecule has 0 saturated carbocycles. The van der Waals surface area contributed by atoms with Crippen molar-refractivity contribution < 1.29 is 22.7 Å². The van der Waals surface area contributed by atoms with Gasteiger partial charge in [-0.2, -0.15) is 18.4 Å². The van der Waals surface area contributed by atoms with Gasteiger partial charge in [0.1, 0.15) is 18.3 Å². The number of halogens is 3. The summed E-state index contributed by atoms with van der Waals surface area (Å²) in [5.41, 5.74) is 1.56. The Morgan fingerprint density at radius 1 is 1.13 bits per heavy atom. The zero-order valence-electron chi connectivity index (χ0n) is 17.7. The first-order valence-electron chi connectivity index (χ1n) is 9.87. The van der Waals surface area contributed by atoms with Crippen LogP contribution in [0.15, 0.2) is 48.5 Å². The SMILES string of the molecule is COc1cccc(-c2ccc([C@@H](N[C@@H](CC(C)C)C(=O)NCC#N)C(F)(F)F)cc2)c1. The molecule has 0 saturated heterocycles. The van der Waals surface area contributed by atoms with Gasteiger partial charge in [0.05, 0.1) is 19.2 Å². The highest BCUT2D eigenvalue weighted by Gasteiger charge is 2.42. The van der Waals surface area contributed by atoms with Gasteiger partial charge in [-0.1, -0.05) is 50.2 Å². The number of nitrogens with one attached hydrogen (secondary N) is 2. The fourth-order valence-electron chi connectivity index (χ4n) is 3.22. The van der Waals surface area contributed by atoms with Crippen LogP contribution in [0.3, 0.4) is 0 Å². The average molecular weight is 433 g/mol. The van der Waals surface area contributed by atoms with E-state index in [4.69, 9.17) is 10.00 Å². The summed E-state index contributed by atoms with van der Waals surface area (Å²) in [5, 5.41) is 13.5. The summed E-state index contributed by atoms with van der Waals surface area (Å²) in [5.74, 6) is 0.00322. The predicted octanol–water partition coefficient (Wildman–Crippen LogP) is 4.61. The van der Waals surface area contributed by atoms with Crippen LogP contribution in [-0.2, 0) is 4.79 Å². The van der Waals surface area contributed by atoms with Crippen molar-refractivity contribution in [2.75, 3.05) is 13.7 Å². The summed E-state index contributed by atoms with van der Waals surface area (Å²) in [4.78, 5) is 12.3. The Bertz CT molecular complexity index is 906. The van der Waals surface area contributed by atoms with Crippen molar-refractivity contribution in [3.8, 4) is 22.9 Å². The molecule has 2 aromatic rings. The van der Waals surface area contributed by atoms with Crippen LogP contribution in [0.4, 0.5) is 13.2 Å². The molecule has 8 heteroatoms. The number of hydrogen-bond acceptors (Lipinski definition) is 4. The van der Waals surface area contributed by atoms with Crippen LogP contribution in [0.2, 0.25) is 0 Å². The van der Waals surface area contributed by atoms with Crippen LogP contribution in [0.1, 0.15) is 31.9 Å². The van der Waals surface area contributed by atoms with Gasteiger partial charge in [0.15, 0.2) is 0 Å². The lowest BCUT2D eigenvalue weighted by Gasteiger charge is -2.28. The molecular formula is C23H26F3N3O2. The summed E-state index contributed by atoms with van der Waals surface area (Å²) in [6, 6.07) is 11.9. The Hall–Kier alpha value is -3.05. The van der Waals surface area contributed by atoms with Gasteiger partial charge in [-0.05, 0) is 41.2 Å². The first-order chi connectivity index (χ1) is 14.7. The van der Waals surface area contributed by atoms with Crippen LogP contribution < -0.4 is 15.4 Å². The van der Waals surface area contributed by atoms with E-state index in [1.54, 1.807) is 43.5 Å². The van der Waals surface area contributed by atoms with E-state index in [0.29, 0.717) is 5.75 Å². The zero-order valence-corrected chi connectivity index (χ0v) is 17.7. The second-order valence-electron chi connectivity index (χ2n) is 7.55. The molecule has 166 valence electrons. The molecule has 2 rings (SSSR count). The quantitative estimate of drug-likeness (QED) is 0.567. The van der Waals surface area contributed by atoms with E-state index in [1.807, 2.05) is 19.9 Å². The van der Waals surface area contributed by atoms with Crippen LogP contribution in [0, 0.1) is 17.2 Å². The van der Waals surface area contributed by atoms with E-state index in [0.717, 1.165) is 11.1 Å². The zero-order chi connectivity index (χ0) is 23.0. The molecule has 0 fully saturated rings. The first kappa shape index (κ1) is 24.2. The summed E-state index contributed by atoms with van der Waals surface area (Å²) < 4.78 is 46.8. The summed E-state index contributed by atoms with van der Waals surface area (Å²) >= 11 is 0. The number of carbonyl (C=O) groups excluding carboxylic acids is 1. The summed E-state index contributed by atoms with van der Waals surface area (Å²) in [6.45, 7) is 3.37. The Balaban J connectivity index is 2.30. The van der Waals surface area contributed by atoms with Gasteiger partial charge in [-0.25, -0.2) is 0 Å². The lowest BCUT2D eigenvalue weighted by Crippen LogP contribution is -2.49. The van der Waals surface area contributed by atoms with Gasteiger partial charge in [0, 0.05) is 0 Å². The van der Waals surface area contributed by atoms with Crippen molar-refractivity contribution in [3.63, 3.8) is 0 Å². The molecule has 2 N–H and O–H groups in total. The molecule has 0 spiro atoms. The maximum Gasteiger partial charge on any atom is 0.407 e. The lowest BCUT2D eigenvalue weighted by molar-refractivity contribution is -0.161. The fraction of sp³-hybridized carbons (Fsp3) is 0.391. The van der Waals surface area contributed by atoms with Gasteiger partial charge in [-0.15, -0.1) is 0 Å². The molecule has 31 heavy (non-hydrogen) atoms. The minimum Gasteiger partial charge on any atom is -0.497 e. The highest BCUT2D eigenvalue weighted by molar-refractivity contribution is 5.82. The number of methoxy groups -OCH3 is 1. The van der Waals surface area contributed by atoms with Gasteiger partial charge >= 0.3 is 6.18 Å². The van der Waals surface area contributed by atoms with Crippen molar-refractivity contribution in [3.05, 3.63) is 54.1 Å². The number of hydrogen-bond donors (Lipinski definition) is 2. The van der Waals surface area contributed by atoms with Crippen molar-refractivity contribution in [1.29, 1.82) is 5.26 Å². The topological polar surface area (TPSA) is 74.2 Å². The van der Waals surface area contributed by atoms with E-state index in [9.17, 15) is 18.0 Å². The molecule has 0 heterocycles. The number of nitriles is 1. The summed E-state index contributed by atoms with van der Waals surface area (Å²) in [6.07, 6.45) is -4.41. The molecule has 1 amide bonds. The Morgan fingerprint density at radius 3 is 2.35 bits per heavy atom. The number of rotatable bonds is 9. The molecule has 0 unspecified atom stereocenters. The highest BCUT2D eigenvalue weighted by Crippen LogP contribution is 2.35. The minimum absolute atomic E-state index is 0.000912. The van der Waals surface area contributed by atoms with Crippen molar-refractivity contribution in [1.82, 2.24) is 10.6 Å². The van der Waals surface area contributed by atoms with Gasteiger partial charge in [0.2, 0.25) is 5.91 Å². The van der Waals surface area contributed by atoms with Gasteiger partial charge in [-0.3, -0.25) is 10.1 Å². The maximum absolute atomic E-state index is 13.9. The molecule has 0 aliphatic carbocycles. The Kier molecular flexibility index (Phi) is 8.46. The number of benzene rings is 2. The molecule has 0 aliphatic heterocycles. The van der Waals surface area contributed by atoms with E-state index >= 15 is 0 Å². The highest BCUT2D eigenvalue weighted by atomic mass is 19.4. The molecule has 2 atom stereocenters. The smallest absolute Gasteiger partial charge is 0.407 e. The van der Waals surface area contributed by atoms with Crippen LogP contribution in [0.25, 0.3) is 11.1 Å². The minimum atomic E-state index is -4.61. The third kappa shape index (κ3) is 7.00. The van der Waals surface area contributed by atoms with E-state index in [-0.39, 0.29) is 24.4 Å². The number of carbonyl (C=O) groups is 1. The van der Waals surface area contributed by atoms with Crippen LogP contribution in [0.5, 0.6) is 5.75 Å². The average Bonchev–Trinajstić information content (AvgIpc) is 2.74. The Labute approximate surface area is 180 Å². The number of nitrogens with zero attached hydrogens (tertiary/aromatic N) is 1. The standard InChI is InChI=1S/C23H26F3N3O2/c1-15(2)13-20(22(30)28-12-11-27)29-21(23(24,25)26)17-9-7-16(8-10-17)18-5-4-6-19(14-18)31-3/h4-10,14-15,20-21,29H,12-13H2,1-3H3,(H,28,30)/t20-,21+/m0/s1. The van der Waals surface area contributed by atoms with Crippen LogP contribution in [-0.4, -0.2) is 31.8 Å². The van der Waals surface area contributed by atoms with E-state index in [2.05, 4.69) is 10.6 Å². The number of alkyl halides is 3. The lowest BCUT2D eigenvalue weighted by atomic mass is 9.97. The fourth-order valence-corrected chi connectivity index (χ4v) is 3.22. The molecule has 5 nitrogen and oxygen atoms in total. The molecular weight excluding hydrogens is 407 g/mol. The third-order valence-corrected chi connectivity index (χ3v) is 4.71. The van der Waals surface area contributed by atoms with Crippen molar-refractivity contribution in [2.45, 2.75) is 38.5 Å². The van der Waals surface area contributed by atoms with Crippen molar-refractivity contribution >= 4 is 5.91 Å². The molecule has 2 aromatic carbocycles. The van der Waals surface area contributed by atoms with Gasteiger partial charge < -0.3 is 10.1 Å². The van der Waals surface area contributed by atoms with Crippen molar-refractivity contribution in [2.24, 2.45) is 5.92 Å². The molecule has 0 bridgehead atoms. The third-order valence-electron chi connectivity index (χ3n) is 4.71. The second-order valence-corrected chi connectivity index (χ2v) is 7.55. The normalized spacial score (nSPS) is 13.4. The van der Waals surface area contributed by atoms with Gasteiger partial charge in [0.25, 0.3) is 0 Å². The number of ether oxygens (including phenoxy) is 1. The van der Waals surface area contributed by atoms with E-state index in [1.165, 1.54) is 12.1 Å². The maximum atomic E-state index is 13.9. The second kappa shape index (κ2) is 10.8. The number of amides is 1. The monoisotopic (exact) mass is 433 g/mol. The molecule has 0 aliphatic rings. The van der Waals surface area contributed by atoms with E-state index < -0.39 is 24.2 Å². The predicted molar refractivity (Wildman–Crippen MR) is 112 cm³/mol. The largest absolute Gasteiger partial charge is 0.497 e. The summed E-state index contributed by atoms with van der Waals surface area (Å²) in [7, 11) is 1.54. The first-order valence-corrected chi connectivity index (χ1v) is 9.87. The molecule has 0 radical (unpaired) electrons. The molecule has 0 aromatic heterocycles. The van der Waals surface area contributed by atoms with Crippen LogP contribution >= 0.6 is 0 Å².